The zero-order chi connectivity index (χ0) is 24.8. The summed E-state index contributed by atoms with van der Waals surface area (Å²) in [5, 5.41) is 6.95. The summed E-state index contributed by atoms with van der Waals surface area (Å²) < 4.78 is 35.7. The quantitative estimate of drug-likeness (QED) is 0.357. The summed E-state index contributed by atoms with van der Waals surface area (Å²) in [6.45, 7) is 6.12. The molecule has 35 heavy (non-hydrogen) atoms. The number of methoxy groups -OCH3 is 4. The first-order chi connectivity index (χ1) is 17.1. The summed E-state index contributed by atoms with van der Waals surface area (Å²) in [7, 11) is 6.66. The molecule has 0 bridgehead atoms. The normalized spacial score (nSPS) is 14.4. The van der Waals surface area contributed by atoms with Crippen molar-refractivity contribution in [2.75, 3.05) is 66.4 Å². The third-order valence-corrected chi connectivity index (χ3v) is 7.01. The Morgan fingerprint density at radius 3 is 2.40 bits per heavy atom. The van der Waals surface area contributed by atoms with Gasteiger partial charge in [0, 0.05) is 31.5 Å². The van der Waals surface area contributed by atoms with Crippen molar-refractivity contribution < 1.29 is 28.4 Å². The first-order valence-corrected chi connectivity index (χ1v) is 12.7. The molecule has 2 aromatic heterocycles. The summed E-state index contributed by atoms with van der Waals surface area (Å²) >= 11 is 1.63. The van der Waals surface area contributed by atoms with Crippen LogP contribution in [0, 0.1) is 5.92 Å². The van der Waals surface area contributed by atoms with Gasteiger partial charge in [-0.05, 0) is 24.1 Å². The van der Waals surface area contributed by atoms with E-state index in [1.807, 2.05) is 16.6 Å². The highest BCUT2D eigenvalue weighted by atomic mass is 32.1. The Balaban J connectivity index is 1.80. The van der Waals surface area contributed by atoms with Gasteiger partial charge in [-0.1, -0.05) is 13.3 Å². The second-order valence-corrected chi connectivity index (χ2v) is 9.39. The van der Waals surface area contributed by atoms with Gasteiger partial charge in [0.2, 0.25) is 0 Å². The van der Waals surface area contributed by atoms with E-state index in [-0.39, 0.29) is 5.92 Å². The van der Waals surface area contributed by atoms with Crippen LogP contribution in [0.4, 0.5) is 5.69 Å². The molecule has 9 nitrogen and oxygen atoms in total. The van der Waals surface area contributed by atoms with Gasteiger partial charge in [0.05, 0.1) is 52.4 Å². The van der Waals surface area contributed by atoms with Crippen LogP contribution in [0.1, 0.15) is 25.3 Å². The number of aromatic nitrogens is 2. The summed E-state index contributed by atoms with van der Waals surface area (Å²) in [5.74, 6) is 2.28. The Morgan fingerprint density at radius 2 is 1.80 bits per heavy atom. The van der Waals surface area contributed by atoms with Crippen LogP contribution in [0.25, 0.3) is 16.1 Å². The van der Waals surface area contributed by atoms with Crippen molar-refractivity contribution in [1.29, 1.82) is 0 Å². The van der Waals surface area contributed by atoms with E-state index in [2.05, 4.69) is 17.2 Å². The highest BCUT2D eigenvalue weighted by Gasteiger charge is 2.28. The molecule has 0 spiro atoms. The first-order valence-electron chi connectivity index (χ1n) is 11.8. The Labute approximate surface area is 210 Å². The van der Waals surface area contributed by atoms with Crippen molar-refractivity contribution in [3.63, 3.8) is 0 Å². The van der Waals surface area contributed by atoms with Gasteiger partial charge in [0.15, 0.2) is 0 Å². The lowest BCUT2D eigenvalue weighted by atomic mass is 10.1. The highest BCUT2D eigenvalue weighted by Crippen LogP contribution is 2.45. The lowest BCUT2D eigenvalue weighted by molar-refractivity contribution is -0.123. The number of fused-ring (bicyclic) bond motifs is 1. The average Bonchev–Trinajstić information content (AvgIpc) is 3.45. The molecule has 1 aliphatic rings. The number of nitrogens with zero attached hydrogens (tertiary/aromatic N) is 3. The second-order valence-electron chi connectivity index (χ2n) is 8.53. The van der Waals surface area contributed by atoms with Gasteiger partial charge in [-0.25, -0.2) is 4.52 Å². The van der Waals surface area contributed by atoms with Crippen molar-refractivity contribution >= 4 is 21.9 Å². The fourth-order valence-corrected chi connectivity index (χ4v) is 5.45. The second kappa shape index (κ2) is 11.9. The molecule has 1 saturated heterocycles. The van der Waals surface area contributed by atoms with Crippen LogP contribution in [0.5, 0.6) is 17.4 Å². The standard InChI is InChI=1S/C25H35N3O6S/c1-6-7-8-27(11-18-13-33-16-34-14-18)23-24(32-5)26-28-19(15-35-25(23)28)22-20(30-3)9-17(12-29-2)10-21(22)31-4/h9-10,15,18H,6-8,11-14,16H2,1-5H3. The number of anilines is 1. The summed E-state index contributed by atoms with van der Waals surface area (Å²) in [4.78, 5) is 3.37. The third kappa shape index (κ3) is 5.35. The minimum atomic E-state index is 0.285. The summed E-state index contributed by atoms with van der Waals surface area (Å²) in [5.41, 5.74) is 3.69. The van der Waals surface area contributed by atoms with Gasteiger partial charge in [0.1, 0.15) is 28.8 Å². The minimum absolute atomic E-state index is 0.285. The van der Waals surface area contributed by atoms with Crippen LogP contribution < -0.4 is 19.1 Å². The fourth-order valence-electron chi connectivity index (χ4n) is 4.44. The SMILES string of the molecule is CCCCN(CC1COCOC1)c1c(OC)nn2c(-c3c(OC)cc(COC)cc3OC)csc12. The van der Waals surface area contributed by atoms with E-state index in [0.29, 0.717) is 44.0 Å². The van der Waals surface area contributed by atoms with Crippen molar-refractivity contribution in [3.8, 4) is 28.6 Å². The zero-order valence-corrected chi connectivity index (χ0v) is 22.0. The van der Waals surface area contributed by atoms with Crippen molar-refractivity contribution in [2.24, 2.45) is 5.92 Å². The molecule has 0 atom stereocenters. The van der Waals surface area contributed by atoms with Crippen LogP contribution in [0.15, 0.2) is 17.5 Å². The van der Waals surface area contributed by atoms with Gasteiger partial charge < -0.3 is 33.3 Å². The number of ether oxygens (including phenoxy) is 6. The molecule has 3 aromatic rings. The smallest absolute Gasteiger partial charge is 0.258 e. The van der Waals surface area contributed by atoms with Crippen LogP contribution in [-0.4, -0.2) is 71.1 Å². The van der Waals surface area contributed by atoms with Crippen molar-refractivity contribution in [2.45, 2.75) is 26.4 Å². The van der Waals surface area contributed by atoms with Crippen LogP contribution in [0.2, 0.25) is 0 Å². The van der Waals surface area contributed by atoms with Gasteiger partial charge in [0.25, 0.3) is 5.88 Å². The van der Waals surface area contributed by atoms with Crippen molar-refractivity contribution in [1.82, 2.24) is 9.61 Å². The molecule has 0 aliphatic carbocycles. The van der Waals surface area contributed by atoms with Crippen LogP contribution >= 0.6 is 11.3 Å². The van der Waals surface area contributed by atoms with E-state index in [9.17, 15) is 0 Å². The van der Waals surface area contributed by atoms with Gasteiger partial charge >= 0.3 is 0 Å². The Kier molecular flexibility index (Phi) is 8.72. The maximum atomic E-state index is 5.79. The maximum absolute atomic E-state index is 5.79. The molecule has 1 aliphatic heterocycles. The molecule has 1 aromatic carbocycles. The zero-order valence-electron chi connectivity index (χ0n) is 21.2. The Hall–Kier alpha value is -2.53. The fraction of sp³-hybridized carbons (Fsp3) is 0.560. The van der Waals surface area contributed by atoms with Crippen molar-refractivity contribution in [3.05, 3.63) is 23.1 Å². The first kappa shape index (κ1) is 25.6. The maximum Gasteiger partial charge on any atom is 0.258 e. The number of benzene rings is 1. The largest absolute Gasteiger partial charge is 0.496 e. The molecular formula is C25H35N3O6S. The molecule has 1 fully saturated rings. The van der Waals surface area contributed by atoms with Gasteiger partial charge in [-0.2, -0.15) is 0 Å². The van der Waals surface area contributed by atoms with E-state index in [0.717, 1.165) is 53.3 Å². The molecule has 192 valence electrons. The Morgan fingerprint density at radius 1 is 1.09 bits per heavy atom. The van der Waals surface area contributed by atoms with E-state index < -0.39 is 0 Å². The molecule has 0 saturated carbocycles. The molecule has 3 heterocycles. The average molecular weight is 506 g/mol. The summed E-state index contributed by atoms with van der Waals surface area (Å²) in [6.07, 6.45) is 2.16. The third-order valence-electron chi connectivity index (χ3n) is 6.07. The predicted molar refractivity (Wildman–Crippen MR) is 136 cm³/mol. The van der Waals surface area contributed by atoms with Crippen LogP contribution in [-0.2, 0) is 20.8 Å². The molecule has 10 heteroatoms. The highest BCUT2D eigenvalue weighted by molar-refractivity contribution is 7.16. The van der Waals surface area contributed by atoms with E-state index >= 15 is 0 Å². The van der Waals surface area contributed by atoms with Crippen LogP contribution in [0.3, 0.4) is 0 Å². The number of hydrogen-bond donors (Lipinski definition) is 0. The lowest BCUT2D eigenvalue weighted by Crippen LogP contribution is -2.37. The van der Waals surface area contributed by atoms with Gasteiger partial charge in [-0.3, -0.25) is 0 Å². The van der Waals surface area contributed by atoms with E-state index in [4.69, 9.17) is 33.5 Å². The monoisotopic (exact) mass is 505 g/mol. The molecule has 0 N–H and O–H groups in total. The molecule has 4 rings (SSSR count). The Bertz CT molecular complexity index is 1080. The number of unbranched alkanes of at least 4 members (excludes halogenated alkanes) is 1. The number of hydrogen-bond acceptors (Lipinski definition) is 9. The number of thiazole rings is 1. The molecule has 0 amide bonds. The van der Waals surface area contributed by atoms with Gasteiger partial charge in [-0.15, -0.1) is 16.4 Å². The molecule has 0 unspecified atom stereocenters. The topological polar surface area (TPSA) is 75.9 Å². The molecular weight excluding hydrogens is 470 g/mol. The predicted octanol–water partition coefficient (Wildman–Crippen LogP) is 4.46. The lowest BCUT2D eigenvalue weighted by Gasteiger charge is -2.30. The summed E-state index contributed by atoms with van der Waals surface area (Å²) in [6, 6.07) is 3.95. The van der Waals surface area contributed by atoms with E-state index in [1.165, 1.54) is 0 Å². The number of rotatable bonds is 12. The molecule has 0 radical (unpaired) electrons. The minimum Gasteiger partial charge on any atom is -0.496 e. The van der Waals surface area contributed by atoms with E-state index in [1.54, 1.807) is 39.8 Å².